The summed E-state index contributed by atoms with van der Waals surface area (Å²) in [4.78, 5) is 2.61. The van der Waals surface area contributed by atoms with E-state index in [-0.39, 0.29) is 0 Å². The molecule has 0 spiro atoms. The molecule has 1 aliphatic heterocycles. The molecule has 1 saturated carbocycles. The maximum atomic E-state index is 6.19. The second-order valence-corrected chi connectivity index (χ2v) is 6.96. The minimum absolute atomic E-state index is 0.682. The molecular formula is C17H21N3S. The van der Waals surface area contributed by atoms with Crippen molar-refractivity contribution >= 4 is 22.4 Å². The van der Waals surface area contributed by atoms with Crippen molar-refractivity contribution in [1.29, 1.82) is 0 Å². The molecule has 2 atom stereocenters. The molecule has 1 aliphatic carbocycles. The van der Waals surface area contributed by atoms with Crippen LogP contribution in [0, 0.1) is 5.92 Å². The van der Waals surface area contributed by atoms with Gasteiger partial charge in [0.1, 0.15) is 10.8 Å². The highest BCUT2D eigenvalue weighted by Crippen LogP contribution is 2.45. The van der Waals surface area contributed by atoms with Crippen LogP contribution in [0.1, 0.15) is 32.1 Å². The molecule has 1 aromatic carbocycles. The van der Waals surface area contributed by atoms with Crippen molar-refractivity contribution in [3.05, 3.63) is 30.3 Å². The van der Waals surface area contributed by atoms with Gasteiger partial charge in [-0.2, -0.15) is 4.37 Å². The minimum Gasteiger partial charge on any atom is -0.382 e. The van der Waals surface area contributed by atoms with Crippen molar-refractivity contribution in [3.63, 3.8) is 0 Å². The second-order valence-electron chi connectivity index (χ2n) is 6.21. The van der Waals surface area contributed by atoms with Crippen molar-refractivity contribution in [1.82, 2.24) is 4.37 Å². The Morgan fingerprint density at radius 1 is 1.10 bits per heavy atom. The van der Waals surface area contributed by atoms with Gasteiger partial charge in [-0.1, -0.05) is 36.8 Å². The van der Waals surface area contributed by atoms with Gasteiger partial charge in [0.25, 0.3) is 0 Å². The van der Waals surface area contributed by atoms with Gasteiger partial charge in [-0.15, -0.1) is 0 Å². The smallest absolute Gasteiger partial charge is 0.147 e. The Labute approximate surface area is 129 Å². The first-order valence-electron chi connectivity index (χ1n) is 7.92. The lowest BCUT2D eigenvalue weighted by atomic mass is 9.91. The van der Waals surface area contributed by atoms with Crippen LogP contribution in [-0.2, 0) is 0 Å². The number of rotatable bonds is 2. The van der Waals surface area contributed by atoms with Gasteiger partial charge in [0.2, 0.25) is 0 Å². The first-order valence-corrected chi connectivity index (χ1v) is 8.69. The third-order valence-corrected chi connectivity index (χ3v) is 5.92. The number of anilines is 2. The summed E-state index contributed by atoms with van der Waals surface area (Å²) in [5.74, 6) is 1.56. The molecule has 1 saturated heterocycles. The molecule has 0 radical (unpaired) electrons. The standard InChI is InChI=1S/C17H21N3S/c18-16-15(13-6-2-1-3-7-13)17(21-19-16)20-11-5-9-12-8-4-10-14(12)20/h1-3,6-7,12,14H,4-5,8-11H2,(H2,18,19). The Morgan fingerprint density at radius 3 is 2.76 bits per heavy atom. The predicted octanol–water partition coefficient (Wildman–Crippen LogP) is 4.16. The van der Waals surface area contributed by atoms with Crippen LogP contribution < -0.4 is 10.6 Å². The van der Waals surface area contributed by atoms with Crippen LogP contribution in [0.3, 0.4) is 0 Å². The van der Waals surface area contributed by atoms with Gasteiger partial charge in [0.15, 0.2) is 0 Å². The van der Waals surface area contributed by atoms with Crippen molar-refractivity contribution < 1.29 is 0 Å². The van der Waals surface area contributed by atoms with Crippen molar-refractivity contribution in [3.8, 4) is 11.1 Å². The van der Waals surface area contributed by atoms with Crippen LogP contribution in [0.25, 0.3) is 11.1 Å². The molecule has 2 N–H and O–H groups in total. The zero-order valence-corrected chi connectivity index (χ0v) is 13.0. The van der Waals surface area contributed by atoms with Gasteiger partial charge in [-0.05, 0) is 48.7 Å². The summed E-state index contributed by atoms with van der Waals surface area (Å²) < 4.78 is 4.46. The van der Waals surface area contributed by atoms with E-state index in [2.05, 4.69) is 33.5 Å². The van der Waals surface area contributed by atoms with Crippen LogP contribution in [0.5, 0.6) is 0 Å². The molecule has 4 heteroatoms. The topological polar surface area (TPSA) is 42.1 Å². The number of aromatic nitrogens is 1. The zero-order valence-electron chi connectivity index (χ0n) is 12.2. The fraction of sp³-hybridized carbons (Fsp3) is 0.471. The van der Waals surface area contributed by atoms with E-state index >= 15 is 0 Å². The third kappa shape index (κ3) is 2.22. The van der Waals surface area contributed by atoms with Crippen LogP contribution >= 0.6 is 11.5 Å². The van der Waals surface area contributed by atoms with E-state index in [0.29, 0.717) is 11.9 Å². The maximum absolute atomic E-state index is 6.19. The number of hydrogen-bond acceptors (Lipinski definition) is 4. The van der Waals surface area contributed by atoms with Gasteiger partial charge < -0.3 is 10.6 Å². The Kier molecular flexibility index (Phi) is 3.34. The molecule has 110 valence electrons. The van der Waals surface area contributed by atoms with Gasteiger partial charge in [-0.25, -0.2) is 0 Å². The molecule has 2 aliphatic rings. The SMILES string of the molecule is Nc1nsc(N2CCCC3CCCC32)c1-c1ccccc1. The van der Waals surface area contributed by atoms with E-state index < -0.39 is 0 Å². The largest absolute Gasteiger partial charge is 0.382 e. The van der Waals surface area contributed by atoms with E-state index in [1.165, 1.54) is 42.7 Å². The predicted molar refractivity (Wildman–Crippen MR) is 89.7 cm³/mol. The number of fused-ring (bicyclic) bond motifs is 1. The molecule has 2 heterocycles. The highest BCUT2D eigenvalue weighted by molar-refractivity contribution is 7.11. The van der Waals surface area contributed by atoms with Crippen LogP contribution in [0.2, 0.25) is 0 Å². The second kappa shape index (κ2) is 5.34. The van der Waals surface area contributed by atoms with Gasteiger partial charge in [0, 0.05) is 12.6 Å². The number of piperidine rings is 1. The summed E-state index contributed by atoms with van der Waals surface area (Å²) in [5.41, 5.74) is 8.53. The molecule has 2 aromatic rings. The first kappa shape index (κ1) is 13.1. The van der Waals surface area contributed by atoms with E-state index in [0.717, 1.165) is 18.0 Å². The Hall–Kier alpha value is -1.55. The van der Waals surface area contributed by atoms with E-state index in [1.54, 1.807) is 11.5 Å². The summed E-state index contributed by atoms with van der Waals surface area (Å²) in [6.45, 7) is 1.16. The highest BCUT2D eigenvalue weighted by Gasteiger charge is 2.37. The number of nitrogens with zero attached hydrogens (tertiary/aromatic N) is 2. The van der Waals surface area contributed by atoms with Gasteiger partial charge in [-0.3, -0.25) is 0 Å². The minimum atomic E-state index is 0.682. The summed E-state index contributed by atoms with van der Waals surface area (Å²) >= 11 is 1.58. The normalized spacial score (nSPS) is 25.0. The molecule has 21 heavy (non-hydrogen) atoms. The molecule has 2 fully saturated rings. The fourth-order valence-electron chi connectivity index (χ4n) is 4.07. The lowest BCUT2D eigenvalue weighted by molar-refractivity contribution is 0.364. The number of hydrogen-bond donors (Lipinski definition) is 1. The van der Waals surface area contributed by atoms with Crippen LogP contribution in [0.15, 0.2) is 30.3 Å². The number of benzene rings is 1. The summed E-state index contributed by atoms with van der Waals surface area (Å²) in [5, 5.41) is 1.29. The summed E-state index contributed by atoms with van der Waals surface area (Å²) in [7, 11) is 0. The fourth-order valence-corrected chi connectivity index (χ4v) is 4.99. The molecule has 4 rings (SSSR count). The van der Waals surface area contributed by atoms with Crippen LogP contribution in [0.4, 0.5) is 10.8 Å². The van der Waals surface area contributed by atoms with Crippen molar-refractivity contribution in [2.24, 2.45) is 5.92 Å². The molecule has 3 nitrogen and oxygen atoms in total. The van der Waals surface area contributed by atoms with E-state index in [1.807, 2.05) is 6.07 Å². The average Bonchev–Trinajstić information content (AvgIpc) is 3.14. The van der Waals surface area contributed by atoms with Crippen molar-refractivity contribution in [2.75, 3.05) is 17.2 Å². The van der Waals surface area contributed by atoms with Crippen molar-refractivity contribution in [2.45, 2.75) is 38.1 Å². The Balaban J connectivity index is 1.76. The lowest BCUT2D eigenvalue weighted by Crippen LogP contribution is -2.42. The number of nitrogens with two attached hydrogens (primary N) is 1. The quantitative estimate of drug-likeness (QED) is 0.905. The lowest BCUT2D eigenvalue weighted by Gasteiger charge is -2.38. The Bertz CT molecular complexity index is 622. The molecule has 1 aromatic heterocycles. The number of nitrogen functional groups attached to an aromatic ring is 1. The summed E-state index contributed by atoms with van der Waals surface area (Å²) in [6, 6.07) is 11.2. The monoisotopic (exact) mass is 299 g/mol. The zero-order chi connectivity index (χ0) is 14.2. The first-order chi connectivity index (χ1) is 10.3. The summed E-state index contributed by atoms with van der Waals surface area (Å²) in [6.07, 6.45) is 6.80. The van der Waals surface area contributed by atoms with E-state index in [4.69, 9.17) is 5.73 Å². The Morgan fingerprint density at radius 2 is 1.90 bits per heavy atom. The van der Waals surface area contributed by atoms with Gasteiger partial charge in [0.05, 0.1) is 5.56 Å². The molecule has 0 bridgehead atoms. The molecule has 0 amide bonds. The van der Waals surface area contributed by atoms with E-state index in [9.17, 15) is 0 Å². The maximum Gasteiger partial charge on any atom is 0.147 e. The average molecular weight is 299 g/mol. The van der Waals surface area contributed by atoms with Crippen LogP contribution in [-0.4, -0.2) is 17.0 Å². The third-order valence-electron chi connectivity index (χ3n) is 5.02. The van der Waals surface area contributed by atoms with Gasteiger partial charge >= 0.3 is 0 Å². The molecular weight excluding hydrogens is 278 g/mol. The highest BCUT2D eigenvalue weighted by atomic mass is 32.1. The molecule has 2 unspecified atom stereocenters.